The van der Waals surface area contributed by atoms with Crippen LogP contribution >= 0.6 is 0 Å². The molecular weight excluding hydrogens is 396 g/mol. The Bertz CT molecular complexity index is 1320. The molecule has 0 fully saturated rings. The Morgan fingerprint density at radius 2 is 1.59 bits per heavy atom. The molecule has 5 heteroatoms. The van der Waals surface area contributed by atoms with Crippen molar-refractivity contribution in [1.82, 2.24) is 15.0 Å². The van der Waals surface area contributed by atoms with Crippen molar-refractivity contribution >= 4 is 22.4 Å². The van der Waals surface area contributed by atoms with E-state index in [1.54, 1.807) is 19.5 Å². The highest BCUT2D eigenvalue weighted by Gasteiger charge is 2.18. The SMILES string of the molecule is COc1c#cc(CN(c2ccncc2)c2nc(-c3ccccc3)nc3ccccc23)cc1. The molecule has 0 unspecified atom stereocenters. The summed E-state index contributed by atoms with van der Waals surface area (Å²) < 4.78 is 5.24. The molecule has 0 aliphatic rings. The van der Waals surface area contributed by atoms with E-state index in [2.05, 4.69) is 28.1 Å². The average Bonchev–Trinajstić information content (AvgIpc) is 2.88. The van der Waals surface area contributed by atoms with Gasteiger partial charge in [0.05, 0.1) is 19.2 Å². The Balaban J connectivity index is 1.68. The van der Waals surface area contributed by atoms with Crippen LogP contribution in [-0.2, 0) is 6.54 Å². The Kier molecular flexibility index (Phi) is 5.34. The van der Waals surface area contributed by atoms with E-state index < -0.39 is 0 Å². The van der Waals surface area contributed by atoms with E-state index in [1.807, 2.05) is 72.8 Å². The molecule has 0 saturated heterocycles. The number of benzene rings is 2. The summed E-state index contributed by atoms with van der Waals surface area (Å²) in [6.07, 6.45) is 3.57. The van der Waals surface area contributed by atoms with Crippen molar-refractivity contribution in [3.63, 3.8) is 0 Å². The molecule has 0 atom stereocenters. The van der Waals surface area contributed by atoms with Gasteiger partial charge in [0.2, 0.25) is 0 Å². The number of pyridine rings is 1. The zero-order chi connectivity index (χ0) is 21.8. The number of hydrogen-bond acceptors (Lipinski definition) is 5. The van der Waals surface area contributed by atoms with Crippen LogP contribution in [0.3, 0.4) is 0 Å². The summed E-state index contributed by atoms with van der Waals surface area (Å²) in [5.74, 6) is 2.16. The lowest BCUT2D eigenvalue weighted by Crippen LogP contribution is -2.18. The maximum Gasteiger partial charge on any atom is 0.169 e. The summed E-state index contributed by atoms with van der Waals surface area (Å²) in [6.45, 7) is 0.555. The standard InChI is InChI=1S/C27H20N4O/c1-32-23-13-11-20(12-14-23)19-31(22-15-17-28-18-16-22)27-24-9-5-6-10-25(24)29-26(30-27)21-7-3-2-4-8-21/h2-11,13,15-18H,19H2,1H3. The van der Waals surface area contributed by atoms with E-state index in [0.29, 0.717) is 18.1 Å². The minimum Gasteiger partial charge on any atom is -0.489 e. The van der Waals surface area contributed by atoms with Crippen molar-refractivity contribution in [2.45, 2.75) is 6.54 Å². The normalized spacial score (nSPS) is 10.5. The van der Waals surface area contributed by atoms with Gasteiger partial charge in [0.1, 0.15) is 5.82 Å². The minimum absolute atomic E-state index is 0.555. The Labute approximate surface area is 187 Å². The van der Waals surface area contributed by atoms with Crippen LogP contribution in [0.1, 0.15) is 5.56 Å². The van der Waals surface area contributed by atoms with Gasteiger partial charge in [-0.25, -0.2) is 9.97 Å². The van der Waals surface area contributed by atoms with Gasteiger partial charge < -0.3 is 9.64 Å². The van der Waals surface area contributed by atoms with Gasteiger partial charge >= 0.3 is 0 Å². The van der Waals surface area contributed by atoms with Gasteiger partial charge in [-0.15, -0.1) is 0 Å². The molecule has 2 aromatic heterocycles. The molecule has 0 radical (unpaired) electrons. The highest BCUT2D eigenvalue weighted by Crippen LogP contribution is 2.33. The highest BCUT2D eigenvalue weighted by molar-refractivity contribution is 5.93. The Morgan fingerprint density at radius 3 is 2.34 bits per heavy atom. The van der Waals surface area contributed by atoms with Crippen LogP contribution in [-0.4, -0.2) is 22.1 Å². The number of nitrogens with zero attached hydrogens (tertiary/aromatic N) is 4. The van der Waals surface area contributed by atoms with E-state index in [-0.39, 0.29) is 0 Å². The molecule has 0 aliphatic heterocycles. The summed E-state index contributed by atoms with van der Waals surface area (Å²) in [5, 5.41) is 0.974. The number of anilines is 2. The number of methoxy groups -OCH3 is 1. The van der Waals surface area contributed by atoms with E-state index in [9.17, 15) is 0 Å². The van der Waals surface area contributed by atoms with Crippen LogP contribution < -0.4 is 9.64 Å². The molecule has 5 nitrogen and oxygen atoms in total. The van der Waals surface area contributed by atoms with Gasteiger partial charge in [-0.2, -0.15) is 0 Å². The predicted octanol–water partition coefficient (Wildman–Crippen LogP) is 5.64. The zero-order valence-corrected chi connectivity index (χ0v) is 17.6. The van der Waals surface area contributed by atoms with Crippen LogP contribution in [0.4, 0.5) is 11.5 Å². The van der Waals surface area contributed by atoms with Crippen LogP contribution in [0.5, 0.6) is 5.75 Å². The molecule has 0 N–H and O–H groups in total. The second-order valence-electron chi connectivity index (χ2n) is 7.22. The van der Waals surface area contributed by atoms with Crippen LogP contribution in [0.2, 0.25) is 0 Å². The fraction of sp³-hybridized carbons (Fsp3) is 0.0741. The van der Waals surface area contributed by atoms with Crippen molar-refractivity contribution in [1.29, 1.82) is 0 Å². The number of aromatic nitrogens is 3. The molecule has 0 amide bonds. The monoisotopic (exact) mass is 416 g/mol. The van der Waals surface area contributed by atoms with Crippen molar-refractivity contribution in [3.8, 4) is 17.1 Å². The van der Waals surface area contributed by atoms with Crippen LogP contribution in [0.15, 0.2) is 91.3 Å². The number of fused-ring (bicyclic) bond motifs is 1. The predicted molar refractivity (Wildman–Crippen MR) is 126 cm³/mol. The summed E-state index contributed by atoms with van der Waals surface area (Å²) >= 11 is 0. The Hall–Kier alpha value is -4.43. The maximum atomic E-state index is 5.24. The first-order valence-electron chi connectivity index (χ1n) is 10.3. The summed E-state index contributed by atoms with van der Waals surface area (Å²) in [6, 6.07) is 32.2. The number of rotatable bonds is 6. The third-order valence-corrected chi connectivity index (χ3v) is 5.18. The molecule has 2 heterocycles. The fourth-order valence-electron chi connectivity index (χ4n) is 3.58. The molecule has 32 heavy (non-hydrogen) atoms. The van der Waals surface area contributed by atoms with Crippen molar-refractivity contribution in [3.05, 3.63) is 109 Å². The molecule has 0 saturated carbocycles. The average molecular weight is 416 g/mol. The van der Waals surface area contributed by atoms with Gasteiger partial charge in [0, 0.05) is 34.6 Å². The summed E-state index contributed by atoms with van der Waals surface area (Å²) in [4.78, 5) is 16.2. The van der Waals surface area contributed by atoms with Gasteiger partial charge in [0.25, 0.3) is 0 Å². The topological polar surface area (TPSA) is 51.1 Å². The summed E-state index contributed by atoms with van der Waals surface area (Å²) in [7, 11) is 1.63. The third-order valence-electron chi connectivity index (χ3n) is 5.18. The minimum atomic E-state index is 0.555. The molecule has 154 valence electrons. The molecule has 3 aromatic carbocycles. The molecule has 5 aromatic rings. The van der Waals surface area contributed by atoms with E-state index >= 15 is 0 Å². The number of hydrogen-bond donors (Lipinski definition) is 0. The zero-order valence-electron chi connectivity index (χ0n) is 17.6. The van der Waals surface area contributed by atoms with E-state index in [0.717, 1.165) is 33.5 Å². The fourth-order valence-corrected chi connectivity index (χ4v) is 3.58. The smallest absolute Gasteiger partial charge is 0.169 e. The number of para-hydroxylation sites is 1. The van der Waals surface area contributed by atoms with Gasteiger partial charge in [0.15, 0.2) is 11.6 Å². The maximum absolute atomic E-state index is 5.24. The third kappa shape index (κ3) is 3.94. The first-order valence-corrected chi connectivity index (χ1v) is 10.3. The first-order chi connectivity index (χ1) is 15.8. The second-order valence-corrected chi connectivity index (χ2v) is 7.22. The second kappa shape index (κ2) is 8.75. The van der Waals surface area contributed by atoms with E-state index in [1.165, 1.54) is 0 Å². The molecule has 0 spiro atoms. The highest BCUT2D eigenvalue weighted by atomic mass is 16.5. The summed E-state index contributed by atoms with van der Waals surface area (Å²) in [5.41, 5.74) is 3.80. The first kappa shape index (κ1) is 19.5. The molecular formula is C27H20N4O. The van der Waals surface area contributed by atoms with E-state index in [4.69, 9.17) is 14.7 Å². The van der Waals surface area contributed by atoms with Gasteiger partial charge in [-0.05, 0) is 42.5 Å². The molecule has 0 bridgehead atoms. The number of ether oxygens (including phenoxy) is 1. The largest absolute Gasteiger partial charge is 0.489 e. The van der Waals surface area contributed by atoms with Gasteiger partial charge in [-0.1, -0.05) is 48.5 Å². The van der Waals surface area contributed by atoms with Crippen LogP contribution in [0, 0.1) is 12.1 Å². The molecule has 0 aliphatic carbocycles. The van der Waals surface area contributed by atoms with Crippen molar-refractivity contribution < 1.29 is 4.74 Å². The van der Waals surface area contributed by atoms with Crippen molar-refractivity contribution in [2.24, 2.45) is 0 Å². The Morgan fingerprint density at radius 1 is 0.812 bits per heavy atom. The lowest BCUT2D eigenvalue weighted by atomic mass is 10.1. The quantitative estimate of drug-likeness (QED) is 0.359. The lowest BCUT2D eigenvalue weighted by Gasteiger charge is -2.25. The van der Waals surface area contributed by atoms with Gasteiger partial charge in [-0.3, -0.25) is 4.98 Å². The molecule has 5 rings (SSSR count). The van der Waals surface area contributed by atoms with Crippen LogP contribution in [0.25, 0.3) is 22.3 Å². The van der Waals surface area contributed by atoms with Crippen molar-refractivity contribution in [2.75, 3.05) is 12.0 Å². The lowest BCUT2D eigenvalue weighted by molar-refractivity contribution is 0.415.